The number of sulfonamides is 1. The van der Waals surface area contributed by atoms with Gasteiger partial charge in [0.25, 0.3) is 10.0 Å². The minimum absolute atomic E-state index is 0.0190. The van der Waals surface area contributed by atoms with Gasteiger partial charge in [-0.2, -0.15) is 0 Å². The van der Waals surface area contributed by atoms with Crippen molar-refractivity contribution in [1.82, 2.24) is 9.71 Å². The van der Waals surface area contributed by atoms with Crippen LogP contribution in [0.3, 0.4) is 0 Å². The summed E-state index contributed by atoms with van der Waals surface area (Å²) in [6.07, 6.45) is 4.25. The number of ether oxygens (including phenoxy) is 1. The van der Waals surface area contributed by atoms with Crippen LogP contribution in [0.1, 0.15) is 31.2 Å². The molecule has 7 heteroatoms. The highest BCUT2D eigenvalue weighted by Crippen LogP contribution is 2.22. The number of rotatable bonds is 5. The lowest BCUT2D eigenvalue weighted by Crippen LogP contribution is -2.31. The SMILES string of the molecule is Cc1cnc2c(S(=O)(=O)NC(=O)CC[C@H]3CCCO3)cccc2c1. The molecule has 1 aliphatic rings. The second kappa shape index (κ2) is 6.86. The van der Waals surface area contributed by atoms with Crippen LogP contribution in [0.15, 0.2) is 35.4 Å². The number of pyridine rings is 1. The lowest BCUT2D eigenvalue weighted by molar-refractivity contribution is -0.119. The second-order valence-electron chi connectivity index (χ2n) is 6.04. The number of carbonyl (C=O) groups excluding carboxylic acids is 1. The molecule has 0 radical (unpaired) electrons. The van der Waals surface area contributed by atoms with E-state index in [1.807, 2.05) is 13.0 Å². The van der Waals surface area contributed by atoms with Gasteiger partial charge in [0.05, 0.1) is 11.6 Å². The Balaban J connectivity index is 1.76. The van der Waals surface area contributed by atoms with Crippen molar-refractivity contribution in [3.8, 4) is 0 Å². The molecule has 1 aromatic heterocycles. The average Bonchev–Trinajstić information content (AvgIpc) is 3.05. The Hall–Kier alpha value is -1.99. The zero-order valence-corrected chi connectivity index (χ0v) is 14.3. The summed E-state index contributed by atoms with van der Waals surface area (Å²) >= 11 is 0. The molecule has 1 amide bonds. The molecule has 1 atom stereocenters. The van der Waals surface area contributed by atoms with Gasteiger partial charge >= 0.3 is 0 Å². The molecule has 2 heterocycles. The number of hydrogen-bond donors (Lipinski definition) is 1. The van der Waals surface area contributed by atoms with Gasteiger partial charge in [-0.05, 0) is 43.9 Å². The third-order valence-corrected chi connectivity index (χ3v) is 5.47. The van der Waals surface area contributed by atoms with Crippen LogP contribution in [0.2, 0.25) is 0 Å². The fourth-order valence-corrected chi connectivity index (χ4v) is 4.07. The van der Waals surface area contributed by atoms with E-state index in [0.717, 1.165) is 23.8 Å². The first-order valence-electron chi connectivity index (χ1n) is 7.98. The molecule has 0 spiro atoms. The van der Waals surface area contributed by atoms with Gasteiger partial charge in [-0.25, -0.2) is 13.1 Å². The lowest BCUT2D eigenvalue weighted by Gasteiger charge is -2.11. The largest absolute Gasteiger partial charge is 0.378 e. The summed E-state index contributed by atoms with van der Waals surface area (Å²) in [6, 6.07) is 6.77. The number of aromatic nitrogens is 1. The zero-order chi connectivity index (χ0) is 17.2. The Morgan fingerprint density at radius 1 is 1.42 bits per heavy atom. The Labute approximate surface area is 141 Å². The standard InChI is InChI=1S/C17H20N2O4S/c1-12-10-13-4-2-6-15(17(13)18-11-12)24(21,22)19-16(20)8-7-14-5-3-9-23-14/h2,4,6,10-11,14H,3,5,7-9H2,1H3,(H,19,20)/t14-/m1/s1. The van der Waals surface area contributed by atoms with E-state index in [-0.39, 0.29) is 17.4 Å². The van der Waals surface area contributed by atoms with Crippen LogP contribution in [0.25, 0.3) is 10.9 Å². The van der Waals surface area contributed by atoms with Gasteiger partial charge in [0.15, 0.2) is 0 Å². The minimum Gasteiger partial charge on any atom is -0.378 e. The number of hydrogen-bond acceptors (Lipinski definition) is 5. The van der Waals surface area contributed by atoms with Crippen molar-refractivity contribution in [2.45, 2.75) is 43.6 Å². The summed E-state index contributed by atoms with van der Waals surface area (Å²) < 4.78 is 32.7. The molecule has 1 aromatic carbocycles. The Bertz CT molecular complexity index is 858. The summed E-state index contributed by atoms with van der Waals surface area (Å²) in [6.45, 7) is 2.60. The number of benzene rings is 1. The van der Waals surface area contributed by atoms with Gasteiger partial charge in [0, 0.05) is 24.6 Å². The summed E-state index contributed by atoms with van der Waals surface area (Å²) in [7, 11) is -3.95. The van der Waals surface area contributed by atoms with Crippen molar-refractivity contribution >= 4 is 26.8 Å². The first kappa shape index (κ1) is 16.9. The highest BCUT2D eigenvalue weighted by molar-refractivity contribution is 7.90. The molecule has 0 aliphatic carbocycles. The van der Waals surface area contributed by atoms with Crippen LogP contribution in [-0.4, -0.2) is 32.0 Å². The van der Waals surface area contributed by atoms with Gasteiger partial charge in [0.2, 0.25) is 5.91 Å². The number of para-hydroxylation sites is 1. The highest BCUT2D eigenvalue weighted by atomic mass is 32.2. The number of carbonyl (C=O) groups is 1. The molecule has 1 fully saturated rings. The number of amides is 1. The maximum atomic E-state index is 12.5. The predicted molar refractivity (Wildman–Crippen MR) is 90.0 cm³/mol. The van der Waals surface area contributed by atoms with E-state index in [1.165, 1.54) is 6.07 Å². The molecule has 1 aliphatic heterocycles. The maximum Gasteiger partial charge on any atom is 0.266 e. The highest BCUT2D eigenvalue weighted by Gasteiger charge is 2.22. The van der Waals surface area contributed by atoms with Crippen molar-refractivity contribution in [2.24, 2.45) is 0 Å². The van der Waals surface area contributed by atoms with Crippen LogP contribution >= 0.6 is 0 Å². The molecule has 1 N–H and O–H groups in total. The molecule has 6 nitrogen and oxygen atoms in total. The first-order valence-corrected chi connectivity index (χ1v) is 9.47. The molecule has 2 aromatic rings. The molecule has 0 saturated carbocycles. The van der Waals surface area contributed by atoms with Gasteiger partial charge in [0.1, 0.15) is 4.90 Å². The Morgan fingerprint density at radius 2 is 2.25 bits per heavy atom. The van der Waals surface area contributed by atoms with E-state index in [2.05, 4.69) is 9.71 Å². The Kier molecular flexibility index (Phi) is 4.82. The predicted octanol–water partition coefficient (Wildman–Crippen LogP) is 2.31. The zero-order valence-electron chi connectivity index (χ0n) is 13.5. The lowest BCUT2D eigenvalue weighted by atomic mass is 10.1. The van der Waals surface area contributed by atoms with Gasteiger partial charge < -0.3 is 4.74 Å². The van der Waals surface area contributed by atoms with Crippen molar-refractivity contribution in [3.05, 3.63) is 36.0 Å². The normalized spacial score (nSPS) is 18.0. The average molecular weight is 348 g/mol. The van der Waals surface area contributed by atoms with Crippen molar-refractivity contribution in [3.63, 3.8) is 0 Å². The molecular formula is C17H20N2O4S. The Morgan fingerprint density at radius 3 is 3.00 bits per heavy atom. The summed E-state index contributed by atoms with van der Waals surface area (Å²) in [5.41, 5.74) is 1.31. The van der Waals surface area contributed by atoms with Crippen molar-refractivity contribution < 1.29 is 17.9 Å². The van der Waals surface area contributed by atoms with Gasteiger partial charge in [-0.1, -0.05) is 12.1 Å². The molecule has 0 bridgehead atoms. The molecule has 3 rings (SSSR count). The molecule has 128 valence electrons. The molecular weight excluding hydrogens is 328 g/mol. The third-order valence-electron chi connectivity index (χ3n) is 4.07. The quantitative estimate of drug-likeness (QED) is 0.896. The van der Waals surface area contributed by atoms with Crippen molar-refractivity contribution in [1.29, 1.82) is 0 Å². The summed E-state index contributed by atoms with van der Waals surface area (Å²) in [5, 5.41) is 0.727. The van der Waals surface area contributed by atoms with E-state index >= 15 is 0 Å². The summed E-state index contributed by atoms with van der Waals surface area (Å²) in [4.78, 5) is 16.2. The van der Waals surface area contributed by atoms with Crippen LogP contribution in [0.4, 0.5) is 0 Å². The molecule has 24 heavy (non-hydrogen) atoms. The van der Waals surface area contributed by atoms with E-state index in [9.17, 15) is 13.2 Å². The number of fused-ring (bicyclic) bond motifs is 1. The third kappa shape index (κ3) is 3.73. The van der Waals surface area contributed by atoms with Crippen LogP contribution in [0, 0.1) is 6.92 Å². The minimum atomic E-state index is -3.95. The monoisotopic (exact) mass is 348 g/mol. The van der Waals surface area contributed by atoms with Crippen LogP contribution in [0.5, 0.6) is 0 Å². The van der Waals surface area contributed by atoms with Crippen molar-refractivity contribution in [2.75, 3.05) is 6.61 Å². The fraction of sp³-hybridized carbons (Fsp3) is 0.412. The van der Waals surface area contributed by atoms with E-state index < -0.39 is 15.9 Å². The molecule has 0 unspecified atom stereocenters. The van der Waals surface area contributed by atoms with E-state index in [1.54, 1.807) is 18.3 Å². The first-order chi connectivity index (χ1) is 11.5. The molecule has 1 saturated heterocycles. The maximum absolute atomic E-state index is 12.5. The second-order valence-corrected chi connectivity index (χ2v) is 7.69. The van der Waals surface area contributed by atoms with E-state index in [4.69, 9.17) is 4.74 Å². The van der Waals surface area contributed by atoms with Gasteiger partial charge in [-0.3, -0.25) is 9.78 Å². The topological polar surface area (TPSA) is 85.4 Å². The number of nitrogens with one attached hydrogen (secondary N) is 1. The van der Waals surface area contributed by atoms with E-state index in [0.29, 0.717) is 18.5 Å². The van der Waals surface area contributed by atoms with Crippen LogP contribution in [-0.2, 0) is 19.6 Å². The summed E-state index contributed by atoms with van der Waals surface area (Å²) in [5.74, 6) is -0.519. The number of aryl methyl sites for hydroxylation is 1. The fourth-order valence-electron chi connectivity index (χ4n) is 2.88. The van der Waals surface area contributed by atoms with Crippen LogP contribution < -0.4 is 4.72 Å². The number of nitrogens with zero attached hydrogens (tertiary/aromatic N) is 1. The smallest absolute Gasteiger partial charge is 0.266 e. The van der Waals surface area contributed by atoms with Gasteiger partial charge in [-0.15, -0.1) is 0 Å².